The van der Waals surface area contributed by atoms with Crippen LogP contribution in [0.3, 0.4) is 0 Å². The van der Waals surface area contributed by atoms with Crippen molar-refractivity contribution in [3.05, 3.63) is 10.2 Å². The molecule has 1 aliphatic heterocycles. The van der Waals surface area contributed by atoms with Gasteiger partial charge in [-0.15, -0.1) is 0 Å². The van der Waals surface area contributed by atoms with E-state index in [9.17, 15) is 0 Å². The fourth-order valence-corrected chi connectivity index (χ4v) is 2.36. The van der Waals surface area contributed by atoms with Crippen molar-refractivity contribution in [2.24, 2.45) is 0 Å². The number of rotatable bonds is 7. The van der Waals surface area contributed by atoms with Crippen molar-refractivity contribution in [3.8, 4) is 0 Å². The van der Waals surface area contributed by atoms with E-state index in [0.717, 1.165) is 19.4 Å². The van der Waals surface area contributed by atoms with Crippen molar-refractivity contribution in [1.29, 1.82) is 0 Å². The number of halogens is 1. The summed E-state index contributed by atoms with van der Waals surface area (Å²) in [5, 5.41) is 0. The molecule has 16 heavy (non-hydrogen) atoms. The molecule has 0 aromatic carbocycles. The van der Waals surface area contributed by atoms with Gasteiger partial charge in [-0.3, -0.25) is 0 Å². The zero-order chi connectivity index (χ0) is 11.6. The number of hydrogen-bond donors (Lipinski definition) is 0. The Kier molecular flexibility index (Phi) is 8.51. The Morgan fingerprint density at radius 1 is 1.44 bits per heavy atom. The second-order valence-corrected chi connectivity index (χ2v) is 5.00. The highest BCUT2D eigenvalue weighted by Crippen LogP contribution is 2.18. The highest BCUT2D eigenvalue weighted by Gasteiger charge is 2.17. The van der Waals surface area contributed by atoms with Gasteiger partial charge in [0.2, 0.25) is 0 Å². The molecule has 0 spiro atoms. The number of hydrogen-bond acceptors (Lipinski definition) is 2. The van der Waals surface area contributed by atoms with Crippen molar-refractivity contribution in [1.82, 2.24) is 0 Å². The first-order chi connectivity index (χ1) is 7.86. The predicted octanol–water partition coefficient (Wildman–Crippen LogP) is 4.43. The molecule has 0 bridgehead atoms. The normalized spacial score (nSPS) is 23.8. The molecule has 0 aromatic heterocycles. The van der Waals surface area contributed by atoms with Crippen LogP contribution in [0.15, 0.2) is 10.2 Å². The first kappa shape index (κ1) is 14.5. The molecule has 2 unspecified atom stereocenters. The summed E-state index contributed by atoms with van der Waals surface area (Å²) in [4.78, 5) is 0. The molecular weight excluding hydrogens is 315 g/mol. The molecule has 1 saturated heterocycles. The lowest BCUT2D eigenvalue weighted by Crippen LogP contribution is -2.27. The average molecular weight is 338 g/mol. The Bertz CT molecular complexity index is 188. The Balaban J connectivity index is 2.25. The molecule has 0 amide bonds. The van der Waals surface area contributed by atoms with Crippen molar-refractivity contribution in [2.75, 3.05) is 6.61 Å². The smallest absolute Gasteiger partial charge is 0.158 e. The molecule has 1 aliphatic rings. The summed E-state index contributed by atoms with van der Waals surface area (Å²) in [6.07, 6.45) is 10.8. The minimum atomic E-state index is 0.0352. The van der Waals surface area contributed by atoms with Gasteiger partial charge >= 0.3 is 0 Å². The summed E-state index contributed by atoms with van der Waals surface area (Å²) in [7, 11) is 0. The summed E-state index contributed by atoms with van der Waals surface area (Å²) in [5.74, 6) is 0. The molecule has 0 N–H and O–H groups in total. The van der Waals surface area contributed by atoms with Crippen LogP contribution < -0.4 is 0 Å². The summed E-state index contributed by atoms with van der Waals surface area (Å²) >= 11 is 2.26. The van der Waals surface area contributed by atoms with Crippen molar-refractivity contribution < 1.29 is 9.47 Å². The number of unbranched alkanes of at least 4 members (excludes halogenated alkanes) is 2. The monoisotopic (exact) mass is 338 g/mol. The van der Waals surface area contributed by atoms with Gasteiger partial charge in [0, 0.05) is 6.61 Å². The van der Waals surface area contributed by atoms with E-state index in [4.69, 9.17) is 9.47 Å². The van der Waals surface area contributed by atoms with E-state index in [-0.39, 0.29) is 12.4 Å². The van der Waals surface area contributed by atoms with E-state index in [2.05, 4.69) is 39.7 Å². The molecule has 2 nitrogen and oxygen atoms in total. The average Bonchev–Trinajstić information content (AvgIpc) is 2.31. The standard InChI is InChI=1S/C13H23IO2/c1-2-3-4-7-12(9-10-14)16-13-8-5-6-11-15-13/h9-10,12-13H,2-8,11H2,1H3. The third-order valence-electron chi connectivity index (χ3n) is 2.84. The lowest BCUT2D eigenvalue weighted by atomic mass is 10.1. The first-order valence-corrected chi connectivity index (χ1v) is 7.65. The fourth-order valence-electron chi connectivity index (χ4n) is 1.90. The van der Waals surface area contributed by atoms with Crippen LogP contribution in [0.5, 0.6) is 0 Å². The topological polar surface area (TPSA) is 18.5 Å². The predicted molar refractivity (Wildman–Crippen MR) is 75.8 cm³/mol. The molecule has 2 atom stereocenters. The van der Waals surface area contributed by atoms with E-state index in [0.29, 0.717) is 0 Å². The molecule has 94 valence electrons. The van der Waals surface area contributed by atoms with Gasteiger partial charge in [0.15, 0.2) is 6.29 Å². The molecule has 1 heterocycles. The molecule has 0 aliphatic carbocycles. The minimum Gasteiger partial charge on any atom is -0.353 e. The zero-order valence-electron chi connectivity index (χ0n) is 10.2. The van der Waals surface area contributed by atoms with Gasteiger partial charge in [0.05, 0.1) is 6.10 Å². The molecular formula is C13H23IO2. The van der Waals surface area contributed by atoms with Gasteiger partial charge in [0.1, 0.15) is 0 Å². The summed E-state index contributed by atoms with van der Waals surface area (Å²) in [5.41, 5.74) is 0. The van der Waals surface area contributed by atoms with Gasteiger partial charge in [-0.25, -0.2) is 0 Å². The number of ether oxygens (including phenoxy) is 2. The van der Waals surface area contributed by atoms with Crippen LogP contribution in [-0.2, 0) is 9.47 Å². The van der Waals surface area contributed by atoms with E-state index in [1.54, 1.807) is 0 Å². The Labute approximate surface area is 113 Å². The van der Waals surface area contributed by atoms with Crippen LogP contribution in [0.25, 0.3) is 0 Å². The van der Waals surface area contributed by atoms with Gasteiger partial charge in [0.25, 0.3) is 0 Å². The summed E-state index contributed by atoms with van der Waals surface area (Å²) in [6, 6.07) is 0. The van der Waals surface area contributed by atoms with E-state index < -0.39 is 0 Å². The van der Waals surface area contributed by atoms with Gasteiger partial charge in [-0.1, -0.05) is 48.8 Å². The van der Waals surface area contributed by atoms with Crippen LogP contribution in [0.4, 0.5) is 0 Å². The second-order valence-electron chi connectivity index (χ2n) is 4.28. The van der Waals surface area contributed by atoms with E-state index in [1.807, 2.05) is 0 Å². The van der Waals surface area contributed by atoms with Crippen LogP contribution in [0.1, 0.15) is 51.9 Å². The van der Waals surface area contributed by atoms with Crippen molar-refractivity contribution >= 4 is 22.6 Å². The maximum atomic E-state index is 5.96. The maximum absolute atomic E-state index is 5.96. The molecule has 1 rings (SSSR count). The van der Waals surface area contributed by atoms with Crippen molar-refractivity contribution in [2.45, 2.75) is 64.3 Å². The van der Waals surface area contributed by atoms with E-state index in [1.165, 1.54) is 32.1 Å². The fraction of sp³-hybridized carbons (Fsp3) is 0.846. The lowest BCUT2D eigenvalue weighted by molar-refractivity contribution is -0.179. The highest BCUT2D eigenvalue weighted by atomic mass is 127. The lowest BCUT2D eigenvalue weighted by Gasteiger charge is -2.26. The van der Waals surface area contributed by atoms with Crippen LogP contribution in [0, 0.1) is 0 Å². The largest absolute Gasteiger partial charge is 0.353 e. The van der Waals surface area contributed by atoms with Gasteiger partial charge < -0.3 is 9.47 Å². The second kappa shape index (κ2) is 9.42. The minimum absolute atomic E-state index is 0.0352. The molecule has 0 aromatic rings. The highest BCUT2D eigenvalue weighted by molar-refractivity contribution is 14.1. The third-order valence-corrected chi connectivity index (χ3v) is 3.26. The van der Waals surface area contributed by atoms with Crippen LogP contribution >= 0.6 is 22.6 Å². The Hall–Kier alpha value is 0.390. The first-order valence-electron chi connectivity index (χ1n) is 6.40. The zero-order valence-corrected chi connectivity index (χ0v) is 12.3. The molecule has 0 saturated carbocycles. The van der Waals surface area contributed by atoms with Crippen LogP contribution in [0.2, 0.25) is 0 Å². The molecule has 1 fully saturated rings. The third kappa shape index (κ3) is 6.21. The van der Waals surface area contributed by atoms with Crippen LogP contribution in [-0.4, -0.2) is 19.0 Å². The molecule has 3 heteroatoms. The SMILES string of the molecule is CCCCCC(C=CI)OC1CCCCO1. The van der Waals surface area contributed by atoms with E-state index >= 15 is 0 Å². The van der Waals surface area contributed by atoms with Gasteiger partial charge in [-0.05, 0) is 35.8 Å². The summed E-state index contributed by atoms with van der Waals surface area (Å²) < 4.78 is 13.6. The Morgan fingerprint density at radius 3 is 2.94 bits per heavy atom. The maximum Gasteiger partial charge on any atom is 0.158 e. The summed E-state index contributed by atoms with van der Waals surface area (Å²) in [6.45, 7) is 3.09. The Morgan fingerprint density at radius 2 is 2.31 bits per heavy atom. The molecule has 0 radical (unpaired) electrons. The quantitative estimate of drug-likeness (QED) is 0.505. The van der Waals surface area contributed by atoms with Crippen molar-refractivity contribution in [3.63, 3.8) is 0 Å². The van der Waals surface area contributed by atoms with Gasteiger partial charge in [-0.2, -0.15) is 0 Å².